The number of piperidine rings is 1. The van der Waals surface area contributed by atoms with E-state index in [4.69, 9.17) is 9.47 Å². The molecule has 5 heteroatoms. The first-order chi connectivity index (χ1) is 13.2. The van der Waals surface area contributed by atoms with Crippen LogP contribution in [-0.4, -0.2) is 44.1 Å². The fourth-order valence-corrected chi connectivity index (χ4v) is 4.54. The van der Waals surface area contributed by atoms with Crippen molar-refractivity contribution < 1.29 is 14.3 Å². The summed E-state index contributed by atoms with van der Waals surface area (Å²) in [6, 6.07) is 14.3. The SMILES string of the molecule is CN1CCOc2cc(C(=O)N3CCC4(CC3)OCc3ccccc34)ccc21. The van der Waals surface area contributed by atoms with Crippen molar-refractivity contribution in [2.45, 2.75) is 25.0 Å². The maximum atomic E-state index is 13.0. The van der Waals surface area contributed by atoms with E-state index in [1.165, 1.54) is 11.1 Å². The van der Waals surface area contributed by atoms with Crippen LogP contribution in [0.4, 0.5) is 5.69 Å². The second kappa shape index (κ2) is 6.27. The number of carbonyl (C=O) groups is 1. The van der Waals surface area contributed by atoms with E-state index in [9.17, 15) is 4.79 Å². The van der Waals surface area contributed by atoms with Crippen LogP contribution in [0, 0.1) is 0 Å². The Balaban J connectivity index is 1.32. The first-order valence-electron chi connectivity index (χ1n) is 9.66. The zero-order chi connectivity index (χ0) is 18.4. The topological polar surface area (TPSA) is 42.0 Å². The van der Waals surface area contributed by atoms with Gasteiger partial charge in [-0.25, -0.2) is 0 Å². The molecule has 0 aliphatic carbocycles. The molecule has 0 atom stereocenters. The molecular formula is C22H24N2O3. The number of fused-ring (bicyclic) bond motifs is 3. The molecule has 0 saturated carbocycles. The summed E-state index contributed by atoms with van der Waals surface area (Å²) in [5.74, 6) is 0.881. The van der Waals surface area contributed by atoms with Crippen molar-refractivity contribution in [1.29, 1.82) is 0 Å². The number of rotatable bonds is 1. The Hall–Kier alpha value is -2.53. The Morgan fingerprint density at radius 3 is 2.74 bits per heavy atom. The van der Waals surface area contributed by atoms with Crippen LogP contribution in [0.5, 0.6) is 5.75 Å². The van der Waals surface area contributed by atoms with Gasteiger partial charge in [-0.3, -0.25) is 4.79 Å². The van der Waals surface area contributed by atoms with Gasteiger partial charge in [-0.2, -0.15) is 0 Å². The molecule has 2 aromatic carbocycles. The van der Waals surface area contributed by atoms with Gasteiger partial charge in [-0.15, -0.1) is 0 Å². The molecule has 2 aromatic rings. The minimum Gasteiger partial charge on any atom is -0.490 e. The van der Waals surface area contributed by atoms with Crippen molar-refractivity contribution in [2.75, 3.05) is 38.2 Å². The van der Waals surface area contributed by atoms with Gasteiger partial charge in [-0.1, -0.05) is 24.3 Å². The molecule has 0 unspecified atom stereocenters. The standard InChI is InChI=1S/C22H24N2O3/c1-23-12-13-26-20-14-16(6-7-19(20)23)21(25)24-10-8-22(9-11-24)18-5-3-2-4-17(18)15-27-22/h2-7,14H,8-13,15H2,1H3. The summed E-state index contributed by atoms with van der Waals surface area (Å²) >= 11 is 0. The summed E-state index contributed by atoms with van der Waals surface area (Å²) in [6.45, 7) is 3.63. The van der Waals surface area contributed by atoms with Crippen LogP contribution in [0.2, 0.25) is 0 Å². The van der Waals surface area contributed by atoms with E-state index in [-0.39, 0.29) is 11.5 Å². The Morgan fingerprint density at radius 2 is 1.89 bits per heavy atom. The molecule has 3 heterocycles. The third kappa shape index (κ3) is 2.69. The lowest BCUT2D eigenvalue weighted by Crippen LogP contribution is -2.45. The second-order valence-corrected chi connectivity index (χ2v) is 7.68. The zero-order valence-corrected chi connectivity index (χ0v) is 15.6. The van der Waals surface area contributed by atoms with Gasteiger partial charge in [0.25, 0.3) is 5.91 Å². The molecule has 27 heavy (non-hydrogen) atoms. The monoisotopic (exact) mass is 364 g/mol. The number of carbonyl (C=O) groups excluding carboxylic acids is 1. The van der Waals surface area contributed by atoms with E-state index in [2.05, 4.69) is 29.2 Å². The van der Waals surface area contributed by atoms with Gasteiger partial charge in [0.05, 0.1) is 24.4 Å². The summed E-state index contributed by atoms with van der Waals surface area (Å²) < 4.78 is 12.0. The molecule has 1 fully saturated rings. The predicted molar refractivity (Wildman–Crippen MR) is 103 cm³/mol. The Bertz CT molecular complexity index is 887. The molecule has 5 nitrogen and oxygen atoms in total. The first kappa shape index (κ1) is 16.6. The molecule has 0 N–H and O–H groups in total. The lowest BCUT2D eigenvalue weighted by atomic mass is 9.83. The summed E-state index contributed by atoms with van der Waals surface area (Å²) in [5.41, 5.74) is 4.13. The van der Waals surface area contributed by atoms with Gasteiger partial charge in [0.2, 0.25) is 0 Å². The molecule has 1 amide bonds. The molecule has 0 bridgehead atoms. The molecule has 3 aliphatic rings. The van der Waals surface area contributed by atoms with Crippen LogP contribution in [0.1, 0.15) is 34.3 Å². The molecule has 0 radical (unpaired) electrons. The fraction of sp³-hybridized carbons (Fsp3) is 0.409. The highest BCUT2D eigenvalue weighted by Gasteiger charge is 2.43. The third-order valence-electron chi connectivity index (χ3n) is 6.17. The minimum absolute atomic E-state index is 0.0794. The smallest absolute Gasteiger partial charge is 0.253 e. The second-order valence-electron chi connectivity index (χ2n) is 7.68. The van der Waals surface area contributed by atoms with Gasteiger partial charge >= 0.3 is 0 Å². The highest BCUT2D eigenvalue weighted by Crippen LogP contribution is 2.44. The number of likely N-dealkylation sites (tertiary alicyclic amines) is 1. The van der Waals surface area contributed by atoms with E-state index in [1.807, 2.05) is 30.1 Å². The van der Waals surface area contributed by atoms with Gasteiger partial charge in [0.1, 0.15) is 12.4 Å². The van der Waals surface area contributed by atoms with Gasteiger partial charge in [-0.05, 0) is 42.2 Å². The normalized spacial score (nSPS) is 20.2. The van der Waals surface area contributed by atoms with Crippen LogP contribution in [0.3, 0.4) is 0 Å². The molecule has 1 saturated heterocycles. The highest BCUT2D eigenvalue weighted by atomic mass is 16.5. The van der Waals surface area contributed by atoms with Gasteiger partial charge < -0.3 is 19.3 Å². The molecule has 5 rings (SSSR count). The lowest BCUT2D eigenvalue weighted by molar-refractivity contribution is -0.0741. The Labute approximate surface area is 159 Å². The van der Waals surface area contributed by atoms with Crippen LogP contribution in [-0.2, 0) is 16.9 Å². The number of hydrogen-bond acceptors (Lipinski definition) is 4. The number of benzene rings is 2. The van der Waals surface area contributed by atoms with Crippen molar-refractivity contribution in [3.63, 3.8) is 0 Å². The van der Waals surface area contributed by atoms with Gasteiger partial charge in [0.15, 0.2) is 0 Å². The number of amides is 1. The molecule has 0 aromatic heterocycles. The summed E-state index contributed by atoms with van der Waals surface area (Å²) in [6.07, 6.45) is 1.69. The fourth-order valence-electron chi connectivity index (χ4n) is 4.54. The van der Waals surface area contributed by atoms with Crippen LogP contribution >= 0.6 is 0 Å². The number of anilines is 1. The Kier molecular flexibility index (Phi) is 3.86. The number of hydrogen-bond donors (Lipinski definition) is 0. The molecule has 3 aliphatic heterocycles. The zero-order valence-electron chi connectivity index (χ0n) is 15.6. The predicted octanol–water partition coefficient (Wildman–Crippen LogP) is 3.18. The average molecular weight is 364 g/mol. The van der Waals surface area contributed by atoms with Crippen LogP contribution in [0.15, 0.2) is 42.5 Å². The van der Waals surface area contributed by atoms with Crippen molar-refractivity contribution in [1.82, 2.24) is 4.90 Å². The largest absolute Gasteiger partial charge is 0.490 e. The number of ether oxygens (including phenoxy) is 2. The lowest BCUT2D eigenvalue weighted by Gasteiger charge is -2.39. The van der Waals surface area contributed by atoms with E-state index in [0.717, 1.165) is 30.8 Å². The van der Waals surface area contributed by atoms with Crippen LogP contribution in [0.25, 0.3) is 0 Å². The summed E-state index contributed by atoms with van der Waals surface area (Å²) in [5, 5.41) is 0. The van der Waals surface area contributed by atoms with Crippen molar-refractivity contribution in [3.8, 4) is 5.75 Å². The average Bonchev–Trinajstić information content (AvgIpc) is 3.06. The maximum absolute atomic E-state index is 13.0. The van der Waals surface area contributed by atoms with E-state index in [0.29, 0.717) is 31.9 Å². The summed E-state index contributed by atoms with van der Waals surface area (Å²) in [7, 11) is 2.05. The van der Waals surface area contributed by atoms with E-state index >= 15 is 0 Å². The highest BCUT2D eigenvalue weighted by molar-refractivity contribution is 5.95. The quantitative estimate of drug-likeness (QED) is 0.779. The van der Waals surface area contributed by atoms with Gasteiger partial charge in [0, 0.05) is 25.7 Å². The van der Waals surface area contributed by atoms with Crippen molar-refractivity contribution in [2.24, 2.45) is 0 Å². The minimum atomic E-state index is -0.213. The maximum Gasteiger partial charge on any atom is 0.253 e. The van der Waals surface area contributed by atoms with E-state index in [1.54, 1.807) is 0 Å². The number of likely N-dealkylation sites (N-methyl/N-ethyl adjacent to an activating group) is 1. The molecule has 1 spiro atoms. The van der Waals surface area contributed by atoms with Crippen LogP contribution < -0.4 is 9.64 Å². The Morgan fingerprint density at radius 1 is 1.07 bits per heavy atom. The van der Waals surface area contributed by atoms with Crippen molar-refractivity contribution >= 4 is 11.6 Å². The first-order valence-corrected chi connectivity index (χ1v) is 9.66. The summed E-state index contributed by atoms with van der Waals surface area (Å²) in [4.78, 5) is 17.1. The molecule has 140 valence electrons. The molecular weight excluding hydrogens is 340 g/mol. The third-order valence-corrected chi connectivity index (χ3v) is 6.17. The van der Waals surface area contributed by atoms with Crippen molar-refractivity contribution in [3.05, 3.63) is 59.2 Å². The number of nitrogens with zero attached hydrogens (tertiary/aromatic N) is 2. The van der Waals surface area contributed by atoms with E-state index < -0.39 is 0 Å².